The molecule has 0 unspecified atom stereocenters. The summed E-state index contributed by atoms with van der Waals surface area (Å²) in [5.41, 5.74) is 1.60. The maximum Gasteiger partial charge on any atom is 0.308 e. The van der Waals surface area contributed by atoms with E-state index in [4.69, 9.17) is 21.1 Å². The van der Waals surface area contributed by atoms with Crippen LogP contribution in [-0.2, 0) is 16.6 Å². The van der Waals surface area contributed by atoms with Crippen molar-refractivity contribution >= 4 is 43.2 Å². The van der Waals surface area contributed by atoms with E-state index in [0.29, 0.717) is 33.3 Å². The molecule has 3 aromatic carbocycles. The van der Waals surface area contributed by atoms with Crippen molar-refractivity contribution < 1.29 is 17.9 Å². The second-order valence-corrected chi connectivity index (χ2v) is 10.8. The fraction of sp³-hybridized carbons (Fsp3) is 0.208. The molecular weight excluding hydrogens is 496 g/mol. The third kappa shape index (κ3) is 5.44. The van der Waals surface area contributed by atoms with Gasteiger partial charge in [0.25, 0.3) is 0 Å². The molecule has 0 bridgehead atoms. The lowest BCUT2D eigenvalue weighted by Gasteiger charge is -2.16. The summed E-state index contributed by atoms with van der Waals surface area (Å²) in [6.07, 6.45) is 0. The van der Waals surface area contributed by atoms with Crippen molar-refractivity contribution in [1.82, 2.24) is 9.29 Å². The van der Waals surface area contributed by atoms with Crippen LogP contribution >= 0.6 is 22.9 Å². The van der Waals surface area contributed by atoms with Crippen molar-refractivity contribution in [2.24, 2.45) is 0 Å². The second kappa shape index (κ2) is 10.2. The van der Waals surface area contributed by atoms with Crippen LogP contribution in [0.5, 0.6) is 11.5 Å². The van der Waals surface area contributed by atoms with E-state index >= 15 is 0 Å². The minimum atomic E-state index is -3.82. The van der Waals surface area contributed by atoms with Crippen LogP contribution in [0.25, 0.3) is 10.2 Å². The van der Waals surface area contributed by atoms with Gasteiger partial charge in [-0.3, -0.25) is 9.36 Å². The Balaban J connectivity index is 1.49. The van der Waals surface area contributed by atoms with Crippen LogP contribution in [-0.4, -0.2) is 32.7 Å². The number of halogens is 1. The van der Waals surface area contributed by atoms with Gasteiger partial charge < -0.3 is 9.47 Å². The van der Waals surface area contributed by atoms with Crippen LogP contribution in [0.4, 0.5) is 0 Å². The molecule has 0 aliphatic carbocycles. The highest BCUT2D eigenvalue weighted by Gasteiger charge is 2.20. The molecular formula is C24H23ClN2O5S2. The molecule has 1 N–H and O–H groups in total. The molecule has 4 aromatic rings. The number of ether oxygens (including phenoxy) is 2. The number of nitrogens with one attached hydrogen (secondary N) is 1. The quantitative estimate of drug-likeness (QED) is 0.352. The molecule has 7 nitrogen and oxygen atoms in total. The summed E-state index contributed by atoms with van der Waals surface area (Å²) >= 11 is 6.95. The number of fused-ring (bicyclic) bond motifs is 1. The predicted molar refractivity (Wildman–Crippen MR) is 135 cm³/mol. The van der Waals surface area contributed by atoms with Crippen LogP contribution in [0.2, 0.25) is 5.02 Å². The fourth-order valence-corrected chi connectivity index (χ4v) is 5.84. The lowest BCUT2D eigenvalue weighted by atomic mass is 10.2. The van der Waals surface area contributed by atoms with Gasteiger partial charge in [0, 0.05) is 5.02 Å². The zero-order chi connectivity index (χ0) is 24.3. The number of para-hydroxylation sites is 2. The summed E-state index contributed by atoms with van der Waals surface area (Å²) in [4.78, 5) is 12.5. The normalized spacial score (nSPS) is 12.6. The first-order valence-corrected chi connectivity index (χ1v) is 13.1. The molecule has 0 aliphatic heterocycles. The minimum absolute atomic E-state index is 0.0871. The largest absolute Gasteiger partial charge is 0.493 e. The number of aromatic nitrogens is 1. The lowest BCUT2D eigenvalue weighted by Crippen LogP contribution is -2.36. The summed E-state index contributed by atoms with van der Waals surface area (Å²) < 4.78 is 41.7. The third-order valence-corrected chi connectivity index (χ3v) is 7.90. The van der Waals surface area contributed by atoms with Crippen molar-refractivity contribution in [1.29, 1.82) is 0 Å². The Morgan fingerprint density at radius 1 is 1.06 bits per heavy atom. The molecule has 0 aliphatic rings. The molecule has 1 atom stereocenters. The van der Waals surface area contributed by atoms with Gasteiger partial charge in [-0.25, -0.2) is 13.1 Å². The zero-order valence-electron chi connectivity index (χ0n) is 18.5. The molecule has 0 saturated heterocycles. The first kappa shape index (κ1) is 24.3. The van der Waals surface area contributed by atoms with Gasteiger partial charge in [0.2, 0.25) is 10.0 Å². The molecule has 0 fully saturated rings. The molecule has 0 radical (unpaired) electrons. The maximum atomic E-state index is 13.0. The average Bonchev–Trinajstić information content (AvgIpc) is 3.13. The van der Waals surface area contributed by atoms with Gasteiger partial charge in [0.15, 0.2) is 11.5 Å². The van der Waals surface area contributed by atoms with Gasteiger partial charge in [-0.15, -0.1) is 0 Å². The first-order chi connectivity index (χ1) is 16.3. The van der Waals surface area contributed by atoms with Crippen molar-refractivity contribution in [2.45, 2.75) is 24.4 Å². The van der Waals surface area contributed by atoms with Crippen molar-refractivity contribution in [3.63, 3.8) is 0 Å². The van der Waals surface area contributed by atoms with Gasteiger partial charge in [-0.1, -0.05) is 47.2 Å². The zero-order valence-corrected chi connectivity index (χ0v) is 20.9. The number of sulfonamides is 1. The van der Waals surface area contributed by atoms with E-state index in [1.54, 1.807) is 48.9 Å². The van der Waals surface area contributed by atoms with Gasteiger partial charge >= 0.3 is 4.87 Å². The van der Waals surface area contributed by atoms with E-state index in [9.17, 15) is 13.2 Å². The Labute approximate surface area is 206 Å². The topological polar surface area (TPSA) is 86.6 Å². The third-order valence-electron chi connectivity index (χ3n) is 5.12. The Morgan fingerprint density at radius 3 is 2.47 bits per heavy atom. The smallest absolute Gasteiger partial charge is 0.308 e. The number of nitrogens with zero attached hydrogens (tertiary/aromatic N) is 1. The van der Waals surface area contributed by atoms with Gasteiger partial charge in [-0.05, 0) is 55.0 Å². The Morgan fingerprint density at radius 2 is 1.76 bits per heavy atom. The van der Waals surface area contributed by atoms with E-state index in [2.05, 4.69) is 4.72 Å². The summed E-state index contributed by atoms with van der Waals surface area (Å²) in [6.45, 7) is 2.21. The van der Waals surface area contributed by atoms with E-state index in [0.717, 1.165) is 16.9 Å². The summed E-state index contributed by atoms with van der Waals surface area (Å²) in [7, 11) is -2.28. The first-order valence-electron chi connectivity index (χ1n) is 10.4. The van der Waals surface area contributed by atoms with E-state index in [1.807, 2.05) is 24.3 Å². The molecule has 0 saturated carbocycles. The number of hydrogen-bond acceptors (Lipinski definition) is 6. The summed E-state index contributed by atoms with van der Waals surface area (Å²) in [5, 5.41) is 0.621. The molecule has 1 aromatic heterocycles. The average molecular weight is 519 g/mol. The molecule has 0 amide bonds. The highest BCUT2D eigenvalue weighted by Crippen LogP contribution is 2.26. The van der Waals surface area contributed by atoms with Crippen LogP contribution in [0, 0.1) is 0 Å². The molecule has 1 heterocycles. The van der Waals surface area contributed by atoms with E-state index < -0.39 is 16.1 Å². The minimum Gasteiger partial charge on any atom is -0.493 e. The SMILES string of the molecule is COc1ccccc1OC[C@@H](C)NS(=O)(=O)c1ccc2c(c1)sc(=O)n2Cc1ccc(Cl)cc1. The van der Waals surface area contributed by atoms with Gasteiger partial charge in [0.05, 0.1) is 34.8 Å². The van der Waals surface area contributed by atoms with Gasteiger partial charge in [-0.2, -0.15) is 0 Å². The van der Waals surface area contributed by atoms with E-state index in [1.165, 1.54) is 12.1 Å². The van der Waals surface area contributed by atoms with Crippen molar-refractivity contribution in [3.05, 3.63) is 87.0 Å². The molecule has 4 rings (SSSR count). The number of rotatable bonds is 9. The highest BCUT2D eigenvalue weighted by molar-refractivity contribution is 7.89. The molecule has 0 spiro atoms. The number of benzene rings is 3. The van der Waals surface area contributed by atoms with Crippen LogP contribution in [0.1, 0.15) is 12.5 Å². The number of thiazole rings is 1. The van der Waals surface area contributed by atoms with Gasteiger partial charge in [0.1, 0.15) is 6.61 Å². The maximum absolute atomic E-state index is 13.0. The predicted octanol–water partition coefficient (Wildman–Crippen LogP) is 4.52. The highest BCUT2D eigenvalue weighted by atomic mass is 35.5. The van der Waals surface area contributed by atoms with E-state index in [-0.39, 0.29) is 16.4 Å². The lowest BCUT2D eigenvalue weighted by molar-refractivity contribution is 0.271. The molecule has 34 heavy (non-hydrogen) atoms. The van der Waals surface area contributed by atoms with Crippen LogP contribution in [0.15, 0.2) is 76.4 Å². The molecule has 10 heteroatoms. The summed E-state index contributed by atoms with van der Waals surface area (Å²) in [6, 6.07) is 18.6. The fourth-order valence-electron chi connectivity index (χ4n) is 3.46. The standard InChI is InChI=1S/C24H23ClN2O5S2/c1-16(15-32-22-6-4-3-5-21(22)31-2)26-34(29,30)19-11-12-20-23(13-19)33-24(28)27(20)14-17-7-9-18(25)10-8-17/h3-13,16,26H,14-15H2,1-2H3/t16-/m1/s1. The summed E-state index contributed by atoms with van der Waals surface area (Å²) in [5.74, 6) is 1.10. The van der Waals surface area contributed by atoms with Crippen molar-refractivity contribution in [3.8, 4) is 11.5 Å². The van der Waals surface area contributed by atoms with Crippen LogP contribution in [0.3, 0.4) is 0 Å². The monoisotopic (exact) mass is 518 g/mol. The number of methoxy groups -OCH3 is 1. The Hall–Kier alpha value is -2.85. The number of hydrogen-bond donors (Lipinski definition) is 1. The van der Waals surface area contributed by atoms with Crippen molar-refractivity contribution in [2.75, 3.05) is 13.7 Å². The molecule has 178 valence electrons. The Bertz CT molecular complexity index is 1460. The Kier molecular flexibility index (Phi) is 7.27. The van der Waals surface area contributed by atoms with Crippen LogP contribution < -0.4 is 19.1 Å². The second-order valence-electron chi connectivity index (χ2n) is 7.69.